The normalized spacial score (nSPS) is 13.4. The number of nitrogens with zero attached hydrogens (tertiary/aromatic N) is 3. The van der Waals surface area contributed by atoms with E-state index in [0.717, 1.165) is 35.7 Å². The highest BCUT2D eigenvalue weighted by Crippen LogP contribution is 2.23. The van der Waals surface area contributed by atoms with E-state index < -0.39 is 0 Å². The molecule has 1 aliphatic rings. The second kappa shape index (κ2) is 8.31. The van der Waals surface area contributed by atoms with Crippen LogP contribution in [0.1, 0.15) is 34.6 Å². The third kappa shape index (κ3) is 4.54. The van der Waals surface area contributed by atoms with Gasteiger partial charge in [-0.25, -0.2) is 9.97 Å². The van der Waals surface area contributed by atoms with Gasteiger partial charge in [-0.15, -0.1) is 0 Å². The Kier molecular flexibility index (Phi) is 5.42. The van der Waals surface area contributed by atoms with E-state index in [4.69, 9.17) is 0 Å². The van der Waals surface area contributed by atoms with E-state index >= 15 is 0 Å². The van der Waals surface area contributed by atoms with Crippen LogP contribution in [0.2, 0.25) is 0 Å². The van der Waals surface area contributed by atoms with Gasteiger partial charge in [0.05, 0.1) is 0 Å². The lowest BCUT2D eigenvalue weighted by Gasteiger charge is -2.17. The summed E-state index contributed by atoms with van der Waals surface area (Å²) in [6, 6.07) is 17.6. The van der Waals surface area contributed by atoms with E-state index in [0.29, 0.717) is 11.6 Å². The Hall–Kier alpha value is -3.41. The number of benzene rings is 2. The first kappa shape index (κ1) is 18.9. The van der Waals surface area contributed by atoms with E-state index in [9.17, 15) is 4.79 Å². The Labute approximate surface area is 171 Å². The first-order valence-electron chi connectivity index (χ1n) is 9.93. The first-order valence-corrected chi connectivity index (χ1v) is 9.93. The highest BCUT2D eigenvalue weighted by Gasteiger charge is 2.14. The number of rotatable bonds is 5. The highest BCUT2D eigenvalue weighted by atomic mass is 16.1. The Morgan fingerprint density at radius 2 is 1.69 bits per heavy atom. The number of aryl methyl sites for hydroxylation is 2. The van der Waals surface area contributed by atoms with E-state index in [1.54, 1.807) is 6.07 Å². The van der Waals surface area contributed by atoms with Gasteiger partial charge in [0, 0.05) is 35.8 Å². The van der Waals surface area contributed by atoms with Crippen LogP contribution in [0.25, 0.3) is 0 Å². The minimum atomic E-state index is -0.253. The lowest BCUT2D eigenvalue weighted by Crippen LogP contribution is -2.18. The lowest BCUT2D eigenvalue weighted by atomic mass is 10.2. The number of aromatic nitrogens is 2. The fourth-order valence-corrected chi connectivity index (χ4v) is 3.50. The van der Waals surface area contributed by atoms with Crippen molar-refractivity contribution in [3.05, 3.63) is 71.5 Å². The summed E-state index contributed by atoms with van der Waals surface area (Å²) in [6.07, 6.45) is 2.48. The molecule has 1 saturated heterocycles. The molecule has 0 bridgehead atoms. The van der Waals surface area contributed by atoms with Gasteiger partial charge in [-0.1, -0.05) is 18.2 Å². The van der Waals surface area contributed by atoms with Crippen molar-refractivity contribution in [2.24, 2.45) is 0 Å². The van der Waals surface area contributed by atoms with Gasteiger partial charge in [0.1, 0.15) is 5.69 Å². The number of anilines is 4. The van der Waals surface area contributed by atoms with Crippen LogP contribution < -0.4 is 15.5 Å². The minimum absolute atomic E-state index is 0.253. The largest absolute Gasteiger partial charge is 0.372 e. The van der Waals surface area contributed by atoms with Gasteiger partial charge in [0.2, 0.25) is 5.95 Å². The Morgan fingerprint density at radius 3 is 2.41 bits per heavy atom. The summed E-state index contributed by atoms with van der Waals surface area (Å²) in [7, 11) is 0. The van der Waals surface area contributed by atoms with Crippen molar-refractivity contribution >= 4 is 28.9 Å². The molecule has 3 aromatic rings. The van der Waals surface area contributed by atoms with Gasteiger partial charge in [-0.2, -0.15) is 0 Å². The number of carbonyl (C=O) groups excluding carboxylic acids is 1. The van der Waals surface area contributed by atoms with Crippen LogP contribution in [0.4, 0.5) is 23.0 Å². The predicted octanol–water partition coefficient (Wildman–Crippen LogP) is 4.69. The molecule has 0 unspecified atom stereocenters. The van der Waals surface area contributed by atoms with Crippen molar-refractivity contribution in [3.63, 3.8) is 0 Å². The zero-order valence-electron chi connectivity index (χ0n) is 16.8. The van der Waals surface area contributed by atoms with Crippen molar-refractivity contribution in [2.75, 3.05) is 28.6 Å². The summed E-state index contributed by atoms with van der Waals surface area (Å²) < 4.78 is 0. The number of carbonyl (C=O) groups is 1. The third-order valence-corrected chi connectivity index (χ3v) is 5.07. The first-order chi connectivity index (χ1) is 14.1. The average molecular weight is 387 g/mol. The Morgan fingerprint density at radius 1 is 0.966 bits per heavy atom. The van der Waals surface area contributed by atoms with Gasteiger partial charge in [0.25, 0.3) is 5.91 Å². The molecule has 1 amide bonds. The molecule has 2 aromatic carbocycles. The smallest absolute Gasteiger partial charge is 0.274 e. The molecule has 0 saturated carbocycles. The van der Waals surface area contributed by atoms with Crippen LogP contribution in [0.5, 0.6) is 0 Å². The number of para-hydroxylation sites is 1. The molecule has 6 heteroatoms. The molecule has 0 spiro atoms. The quantitative estimate of drug-likeness (QED) is 0.665. The van der Waals surface area contributed by atoms with Crippen molar-refractivity contribution in [1.82, 2.24) is 9.97 Å². The summed E-state index contributed by atoms with van der Waals surface area (Å²) in [5, 5.41) is 6.13. The van der Waals surface area contributed by atoms with Gasteiger partial charge < -0.3 is 15.5 Å². The molecule has 1 fully saturated rings. The van der Waals surface area contributed by atoms with Gasteiger partial charge in [0.15, 0.2) is 0 Å². The zero-order valence-corrected chi connectivity index (χ0v) is 16.8. The maximum Gasteiger partial charge on any atom is 0.274 e. The van der Waals surface area contributed by atoms with E-state index in [1.165, 1.54) is 18.5 Å². The average Bonchev–Trinajstić information content (AvgIpc) is 3.25. The van der Waals surface area contributed by atoms with Crippen LogP contribution in [0.15, 0.2) is 54.6 Å². The monoisotopic (exact) mass is 387 g/mol. The molecule has 0 aliphatic carbocycles. The van der Waals surface area contributed by atoms with E-state index in [2.05, 4.69) is 37.6 Å². The predicted molar refractivity (Wildman–Crippen MR) is 117 cm³/mol. The van der Waals surface area contributed by atoms with Crippen LogP contribution in [0.3, 0.4) is 0 Å². The molecule has 1 aliphatic heterocycles. The van der Waals surface area contributed by atoms with Gasteiger partial charge >= 0.3 is 0 Å². The molecule has 148 valence electrons. The third-order valence-electron chi connectivity index (χ3n) is 5.07. The Balaban J connectivity index is 1.48. The molecule has 0 atom stereocenters. The molecule has 4 rings (SSSR count). The Bertz CT molecular complexity index is 1010. The van der Waals surface area contributed by atoms with Crippen LogP contribution in [0, 0.1) is 13.8 Å². The number of hydrogen-bond donors (Lipinski definition) is 2. The lowest BCUT2D eigenvalue weighted by molar-refractivity contribution is 0.102. The molecule has 29 heavy (non-hydrogen) atoms. The topological polar surface area (TPSA) is 70.2 Å². The summed E-state index contributed by atoms with van der Waals surface area (Å²) in [5.74, 6) is 0.158. The zero-order chi connectivity index (χ0) is 20.2. The molecule has 2 heterocycles. The fraction of sp³-hybridized carbons (Fsp3) is 0.261. The standard InChI is InChI=1S/C23H25N5O/c1-16-7-3-4-8-20(16)26-23-24-17(2)15-21(27-23)22(29)25-18-9-11-19(12-10-18)28-13-5-6-14-28/h3-4,7-12,15H,5-6,13-14H2,1-2H3,(H,25,29)(H,24,26,27). The molecular weight excluding hydrogens is 362 g/mol. The highest BCUT2D eigenvalue weighted by molar-refractivity contribution is 6.03. The van der Waals surface area contributed by atoms with Gasteiger partial charge in [-0.05, 0) is 68.7 Å². The minimum Gasteiger partial charge on any atom is -0.372 e. The second-order valence-electron chi connectivity index (χ2n) is 7.35. The number of hydrogen-bond acceptors (Lipinski definition) is 5. The summed E-state index contributed by atoms with van der Waals surface area (Å²) in [4.78, 5) is 23.9. The molecular formula is C23H25N5O. The molecule has 0 radical (unpaired) electrons. The molecule has 2 N–H and O–H groups in total. The summed E-state index contributed by atoms with van der Waals surface area (Å²) >= 11 is 0. The summed E-state index contributed by atoms with van der Waals surface area (Å²) in [6.45, 7) is 6.06. The molecule has 6 nitrogen and oxygen atoms in total. The maximum atomic E-state index is 12.7. The number of amides is 1. The van der Waals surface area contributed by atoms with Crippen molar-refractivity contribution in [1.29, 1.82) is 0 Å². The fourth-order valence-electron chi connectivity index (χ4n) is 3.50. The van der Waals surface area contributed by atoms with Gasteiger partial charge in [-0.3, -0.25) is 4.79 Å². The van der Waals surface area contributed by atoms with Crippen molar-refractivity contribution in [2.45, 2.75) is 26.7 Å². The molecule has 1 aromatic heterocycles. The van der Waals surface area contributed by atoms with E-state index in [1.807, 2.05) is 50.2 Å². The van der Waals surface area contributed by atoms with E-state index in [-0.39, 0.29) is 5.91 Å². The van der Waals surface area contributed by atoms with Crippen LogP contribution in [-0.2, 0) is 0 Å². The second-order valence-corrected chi connectivity index (χ2v) is 7.35. The van der Waals surface area contributed by atoms with Crippen molar-refractivity contribution in [3.8, 4) is 0 Å². The summed E-state index contributed by atoms with van der Waals surface area (Å²) in [5.41, 5.74) is 5.01. The van der Waals surface area contributed by atoms with Crippen LogP contribution in [-0.4, -0.2) is 29.0 Å². The number of nitrogens with one attached hydrogen (secondary N) is 2. The SMILES string of the molecule is Cc1cc(C(=O)Nc2ccc(N3CCCC3)cc2)nc(Nc2ccccc2C)n1. The van der Waals surface area contributed by atoms with Crippen LogP contribution >= 0.6 is 0 Å². The maximum absolute atomic E-state index is 12.7. The van der Waals surface area contributed by atoms with Crippen molar-refractivity contribution < 1.29 is 4.79 Å².